The minimum Gasteiger partial charge on any atom is -0.320 e. The first-order valence-corrected chi connectivity index (χ1v) is 6.78. The number of aryl methyl sites for hydroxylation is 1. The van der Waals surface area contributed by atoms with Gasteiger partial charge in [-0.1, -0.05) is 12.1 Å². The molecule has 0 aliphatic carbocycles. The number of fused-ring (bicyclic) bond motifs is 1. The van der Waals surface area contributed by atoms with Crippen molar-refractivity contribution in [3.8, 4) is 0 Å². The molecule has 0 fully saturated rings. The Bertz CT molecular complexity index is 688. The zero-order chi connectivity index (χ0) is 12.5. The van der Waals surface area contributed by atoms with Crippen LogP contribution in [0.1, 0.15) is 22.0 Å². The molecule has 0 saturated carbocycles. The molecule has 90 valence electrons. The van der Waals surface area contributed by atoms with Crippen LogP contribution in [-0.2, 0) is 0 Å². The number of thiophene rings is 1. The first kappa shape index (κ1) is 11.4. The SMILES string of the molecule is Cc1ccsc1C(N)c1ccc2ncccc2c1. The highest BCUT2D eigenvalue weighted by Crippen LogP contribution is 2.28. The highest BCUT2D eigenvalue weighted by atomic mass is 32.1. The minimum absolute atomic E-state index is 0.0467. The van der Waals surface area contributed by atoms with Crippen molar-refractivity contribution in [3.63, 3.8) is 0 Å². The Hall–Kier alpha value is -1.71. The van der Waals surface area contributed by atoms with E-state index in [0.29, 0.717) is 0 Å². The van der Waals surface area contributed by atoms with Crippen LogP contribution in [0.5, 0.6) is 0 Å². The van der Waals surface area contributed by atoms with Gasteiger partial charge in [-0.25, -0.2) is 0 Å². The van der Waals surface area contributed by atoms with E-state index in [1.807, 2.05) is 18.3 Å². The summed E-state index contributed by atoms with van der Waals surface area (Å²) in [6, 6.07) is 12.3. The lowest BCUT2D eigenvalue weighted by Crippen LogP contribution is -2.11. The van der Waals surface area contributed by atoms with Crippen molar-refractivity contribution in [2.45, 2.75) is 13.0 Å². The molecule has 18 heavy (non-hydrogen) atoms. The number of nitrogens with zero attached hydrogens (tertiary/aromatic N) is 1. The highest BCUT2D eigenvalue weighted by Gasteiger charge is 2.13. The van der Waals surface area contributed by atoms with E-state index in [0.717, 1.165) is 16.5 Å². The quantitative estimate of drug-likeness (QED) is 0.758. The molecule has 1 atom stereocenters. The summed E-state index contributed by atoms with van der Waals surface area (Å²) in [4.78, 5) is 5.56. The average molecular weight is 254 g/mol. The maximum absolute atomic E-state index is 6.34. The molecule has 0 aliphatic heterocycles. The van der Waals surface area contributed by atoms with Gasteiger partial charge in [-0.2, -0.15) is 0 Å². The van der Waals surface area contributed by atoms with Gasteiger partial charge in [0.25, 0.3) is 0 Å². The molecule has 0 radical (unpaired) electrons. The van der Waals surface area contributed by atoms with Gasteiger partial charge in [0.05, 0.1) is 11.6 Å². The fraction of sp³-hybridized carbons (Fsp3) is 0.133. The van der Waals surface area contributed by atoms with Gasteiger partial charge in [0.1, 0.15) is 0 Å². The van der Waals surface area contributed by atoms with Crippen molar-refractivity contribution >= 4 is 22.2 Å². The molecule has 2 aromatic heterocycles. The van der Waals surface area contributed by atoms with Crippen molar-refractivity contribution in [1.82, 2.24) is 4.98 Å². The van der Waals surface area contributed by atoms with E-state index >= 15 is 0 Å². The molecular formula is C15H14N2S. The third-order valence-electron chi connectivity index (χ3n) is 3.17. The van der Waals surface area contributed by atoms with E-state index in [1.165, 1.54) is 10.4 Å². The van der Waals surface area contributed by atoms with Crippen LogP contribution in [0.15, 0.2) is 48.0 Å². The number of pyridine rings is 1. The Kier molecular flexibility index (Phi) is 2.86. The molecule has 1 aromatic carbocycles. The summed E-state index contributed by atoms with van der Waals surface area (Å²) in [5.74, 6) is 0. The molecule has 0 bridgehead atoms. The van der Waals surface area contributed by atoms with E-state index < -0.39 is 0 Å². The molecule has 2 heterocycles. The standard InChI is InChI=1S/C15H14N2S/c1-10-6-8-18-15(10)14(16)12-4-5-13-11(9-12)3-2-7-17-13/h2-9,14H,16H2,1H3. The number of hydrogen-bond acceptors (Lipinski definition) is 3. The van der Waals surface area contributed by atoms with Crippen molar-refractivity contribution in [2.75, 3.05) is 0 Å². The lowest BCUT2D eigenvalue weighted by Gasteiger charge is -2.12. The van der Waals surface area contributed by atoms with Crippen molar-refractivity contribution in [2.24, 2.45) is 5.73 Å². The average Bonchev–Trinajstić information content (AvgIpc) is 2.83. The molecule has 0 saturated heterocycles. The van der Waals surface area contributed by atoms with Crippen LogP contribution in [0.4, 0.5) is 0 Å². The Morgan fingerprint density at radius 3 is 2.89 bits per heavy atom. The van der Waals surface area contributed by atoms with Crippen LogP contribution in [-0.4, -0.2) is 4.98 Å². The first-order valence-electron chi connectivity index (χ1n) is 5.90. The second-order valence-corrected chi connectivity index (χ2v) is 5.35. The Morgan fingerprint density at radius 1 is 1.22 bits per heavy atom. The molecule has 0 aliphatic rings. The fourth-order valence-electron chi connectivity index (χ4n) is 2.14. The summed E-state index contributed by atoms with van der Waals surface area (Å²) in [5, 5.41) is 3.23. The number of aromatic nitrogens is 1. The zero-order valence-electron chi connectivity index (χ0n) is 10.1. The topological polar surface area (TPSA) is 38.9 Å². The lowest BCUT2D eigenvalue weighted by atomic mass is 10.0. The molecule has 3 aromatic rings. The summed E-state index contributed by atoms with van der Waals surface area (Å²) >= 11 is 1.72. The predicted molar refractivity (Wildman–Crippen MR) is 76.8 cm³/mol. The lowest BCUT2D eigenvalue weighted by molar-refractivity contribution is 0.887. The van der Waals surface area contributed by atoms with Crippen LogP contribution < -0.4 is 5.73 Å². The van der Waals surface area contributed by atoms with Crippen molar-refractivity contribution in [1.29, 1.82) is 0 Å². The van der Waals surface area contributed by atoms with Gasteiger partial charge in [0, 0.05) is 16.5 Å². The third kappa shape index (κ3) is 1.92. The van der Waals surface area contributed by atoms with Gasteiger partial charge in [-0.05, 0) is 47.7 Å². The molecule has 1 unspecified atom stereocenters. The molecule has 2 N–H and O–H groups in total. The molecule has 0 amide bonds. The van der Waals surface area contributed by atoms with Gasteiger partial charge in [-0.3, -0.25) is 4.98 Å². The number of rotatable bonds is 2. The monoisotopic (exact) mass is 254 g/mol. The smallest absolute Gasteiger partial charge is 0.0702 e. The van der Waals surface area contributed by atoms with Crippen LogP contribution in [0.2, 0.25) is 0 Å². The zero-order valence-corrected chi connectivity index (χ0v) is 10.9. The van der Waals surface area contributed by atoms with Gasteiger partial charge in [0.15, 0.2) is 0 Å². The molecular weight excluding hydrogens is 240 g/mol. The fourth-order valence-corrected chi connectivity index (χ4v) is 3.10. The maximum Gasteiger partial charge on any atom is 0.0702 e. The van der Waals surface area contributed by atoms with Gasteiger partial charge >= 0.3 is 0 Å². The molecule has 0 spiro atoms. The molecule has 3 rings (SSSR count). The van der Waals surface area contributed by atoms with Gasteiger partial charge in [0.2, 0.25) is 0 Å². The second kappa shape index (κ2) is 4.52. The summed E-state index contributed by atoms with van der Waals surface area (Å²) in [5.41, 5.74) is 9.76. The predicted octanol–water partition coefficient (Wildman–Crippen LogP) is 3.65. The van der Waals surface area contributed by atoms with E-state index in [9.17, 15) is 0 Å². The Labute approximate surface area is 110 Å². The van der Waals surface area contributed by atoms with Gasteiger partial charge < -0.3 is 5.73 Å². The van der Waals surface area contributed by atoms with E-state index in [-0.39, 0.29) is 6.04 Å². The third-order valence-corrected chi connectivity index (χ3v) is 4.27. The van der Waals surface area contributed by atoms with E-state index in [1.54, 1.807) is 11.3 Å². The Balaban J connectivity index is 2.07. The van der Waals surface area contributed by atoms with Crippen LogP contribution in [0.3, 0.4) is 0 Å². The number of hydrogen-bond donors (Lipinski definition) is 1. The van der Waals surface area contributed by atoms with Crippen LogP contribution in [0, 0.1) is 6.92 Å². The summed E-state index contributed by atoms with van der Waals surface area (Å²) in [6.07, 6.45) is 1.81. The van der Waals surface area contributed by atoms with Crippen LogP contribution >= 0.6 is 11.3 Å². The van der Waals surface area contributed by atoms with Crippen molar-refractivity contribution in [3.05, 3.63) is 64.0 Å². The number of benzene rings is 1. The maximum atomic E-state index is 6.34. The summed E-state index contributed by atoms with van der Waals surface area (Å²) in [7, 11) is 0. The second-order valence-electron chi connectivity index (χ2n) is 4.40. The number of nitrogens with two attached hydrogens (primary N) is 1. The largest absolute Gasteiger partial charge is 0.320 e. The molecule has 3 heteroatoms. The normalized spacial score (nSPS) is 12.8. The highest BCUT2D eigenvalue weighted by molar-refractivity contribution is 7.10. The van der Waals surface area contributed by atoms with E-state index in [2.05, 4.69) is 41.6 Å². The minimum atomic E-state index is -0.0467. The van der Waals surface area contributed by atoms with Crippen molar-refractivity contribution < 1.29 is 0 Å². The molecule has 2 nitrogen and oxygen atoms in total. The Morgan fingerprint density at radius 2 is 2.11 bits per heavy atom. The first-order chi connectivity index (χ1) is 8.75. The van der Waals surface area contributed by atoms with Crippen LogP contribution in [0.25, 0.3) is 10.9 Å². The van der Waals surface area contributed by atoms with E-state index in [4.69, 9.17) is 5.73 Å². The van der Waals surface area contributed by atoms with Gasteiger partial charge in [-0.15, -0.1) is 11.3 Å². The summed E-state index contributed by atoms with van der Waals surface area (Å²) in [6.45, 7) is 2.11. The summed E-state index contributed by atoms with van der Waals surface area (Å²) < 4.78 is 0.